The molecule has 35 heavy (non-hydrogen) atoms. The van der Waals surface area contributed by atoms with Crippen LogP contribution in [0.1, 0.15) is 37.6 Å². The van der Waals surface area contributed by atoms with Gasteiger partial charge in [-0.2, -0.15) is 0 Å². The number of nitrogen functional groups attached to an aromatic ring is 1. The minimum atomic E-state index is -4.24. The molecule has 1 amide bonds. The summed E-state index contributed by atoms with van der Waals surface area (Å²) in [7, 11) is -2.64. The van der Waals surface area contributed by atoms with Crippen molar-refractivity contribution in [3.63, 3.8) is 0 Å². The van der Waals surface area contributed by atoms with Gasteiger partial charge in [-0.15, -0.1) is 0 Å². The van der Waals surface area contributed by atoms with E-state index in [1.165, 1.54) is 18.3 Å². The first-order chi connectivity index (χ1) is 16.5. The molecule has 1 saturated heterocycles. The summed E-state index contributed by atoms with van der Waals surface area (Å²) in [5.41, 5.74) is 7.13. The van der Waals surface area contributed by atoms with E-state index >= 15 is 0 Å². The van der Waals surface area contributed by atoms with Gasteiger partial charge in [0.1, 0.15) is 22.3 Å². The van der Waals surface area contributed by atoms with Crippen LogP contribution in [0.25, 0.3) is 11.3 Å². The van der Waals surface area contributed by atoms with Gasteiger partial charge >= 0.3 is 0 Å². The molecule has 1 aliphatic heterocycles. The lowest BCUT2D eigenvalue weighted by atomic mass is 9.97. The number of ether oxygens (including phenoxy) is 1. The van der Waals surface area contributed by atoms with Crippen LogP contribution >= 0.6 is 0 Å². The lowest BCUT2D eigenvalue weighted by Crippen LogP contribution is -2.41. The van der Waals surface area contributed by atoms with Gasteiger partial charge < -0.3 is 15.4 Å². The molecule has 9 nitrogen and oxygen atoms in total. The molecule has 1 aromatic carbocycles. The van der Waals surface area contributed by atoms with E-state index in [1.54, 1.807) is 19.2 Å². The fourth-order valence-electron chi connectivity index (χ4n) is 4.58. The molecule has 3 N–H and O–H groups in total. The summed E-state index contributed by atoms with van der Waals surface area (Å²) in [6.45, 7) is 7.01. The Bertz CT molecular complexity index is 1360. The molecule has 1 aliphatic rings. The Kier molecular flexibility index (Phi) is 6.42. The molecule has 1 fully saturated rings. The van der Waals surface area contributed by atoms with Gasteiger partial charge in [-0.1, -0.05) is 6.92 Å². The number of nitrogens with two attached hydrogens (primary N) is 1. The Morgan fingerprint density at radius 1 is 1.17 bits per heavy atom. The molecular formula is C25H29N5O4S. The Morgan fingerprint density at radius 2 is 1.89 bits per heavy atom. The highest BCUT2D eigenvalue weighted by Gasteiger charge is 2.39. The number of hydrogen-bond acceptors (Lipinski definition) is 8. The van der Waals surface area contributed by atoms with Gasteiger partial charge in [-0.3, -0.25) is 4.79 Å². The number of sulfonamides is 1. The summed E-state index contributed by atoms with van der Waals surface area (Å²) >= 11 is 0. The SMILES string of the molecule is COc1ccc(-c2ccc(C(=O)NS(=O)(=O)c3cccnc3N)c(N3C[C@@H](C)CC3(C)C)n2)cc1. The number of carbonyl (C=O) groups is 1. The molecule has 3 heterocycles. The molecule has 0 aliphatic carbocycles. The minimum Gasteiger partial charge on any atom is -0.497 e. The summed E-state index contributed by atoms with van der Waals surface area (Å²) in [6, 6.07) is 13.5. The molecule has 0 spiro atoms. The lowest BCUT2D eigenvalue weighted by Gasteiger charge is -2.34. The maximum atomic E-state index is 13.3. The van der Waals surface area contributed by atoms with E-state index in [1.807, 2.05) is 24.3 Å². The number of nitrogens with zero attached hydrogens (tertiary/aromatic N) is 3. The zero-order valence-corrected chi connectivity index (χ0v) is 21.0. The van der Waals surface area contributed by atoms with Gasteiger partial charge in [0.2, 0.25) is 0 Å². The summed E-state index contributed by atoms with van der Waals surface area (Å²) in [5.74, 6) is 0.563. The lowest BCUT2D eigenvalue weighted by molar-refractivity contribution is 0.0981. The Morgan fingerprint density at radius 3 is 2.49 bits per heavy atom. The third kappa shape index (κ3) is 4.93. The molecule has 0 unspecified atom stereocenters. The number of aromatic nitrogens is 2. The highest BCUT2D eigenvalue weighted by molar-refractivity contribution is 7.90. The quantitative estimate of drug-likeness (QED) is 0.532. The number of benzene rings is 1. The number of amides is 1. The molecule has 184 valence electrons. The van der Waals surface area contributed by atoms with Crippen LogP contribution in [-0.2, 0) is 10.0 Å². The molecule has 3 aromatic rings. The van der Waals surface area contributed by atoms with Crippen LogP contribution in [-0.4, -0.2) is 43.5 Å². The smallest absolute Gasteiger partial charge is 0.268 e. The number of pyridine rings is 2. The van der Waals surface area contributed by atoms with Gasteiger partial charge in [0, 0.05) is 23.8 Å². The Hall–Kier alpha value is -3.66. The van der Waals surface area contributed by atoms with E-state index in [0.29, 0.717) is 24.0 Å². The fourth-order valence-corrected chi connectivity index (χ4v) is 5.63. The summed E-state index contributed by atoms with van der Waals surface area (Å²) < 4.78 is 33.2. The predicted molar refractivity (Wildman–Crippen MR) is 135 cm³/mol. The highest BCUT2D eigenvalue weighted by atomic mass is 32.2. The molecular weight excluding hydrogens is 466 g/mol. The van der Waals surface area contributed by atoms with E-state index in [-0.39, 0.29) is 21.8 Å². The van der Waals surface area contributed by atoms with Gasteiger partial charge in [0.25, 0.3) is 15.9 Å². The van der Waals surface area contributed by atoms with Gasteiger partial charge in [0.05, 0.1) is 18.4 Å². The fraction of sp³-hybridized carbons (Fsp3) is 0.320. The number of hydrogen-bond donors (Lipinski definition) is 2. The van der Waals surface area contributed by atoms with Crippen LogP contribution in [0.5, 0.6) is 5.75 Å². The van der Waals surface area contributed by atoms with Crippen molar-refractivity contribution in [1.82, 2.24) is 14.7 Å². The largest absolute Gasteiger partial charge is 0.497 e. The molecule has 0 bridgehead atoms. The maximum Gasteiger partial charge on any atom is 0.268 e. The Balaban J connectivity index is 1.77. The highest BCUT2D eigenvalue weighted by Crippen LogP contribution is 2.38. The average Bonchev–Trinajstić information content (AvgIpc) is 3.10. The first-order valence-corrected chi connectivity index (χ1v) is 12.7. The van der Waals surface area contributed by atoms with Crippen molar-refractivity contribution < 1.29 is 17.9 Å². The zero-order chi connectivity index (χ0) is 25.4. The number of rotatable bonds is 6. The number of anilines is 2. The van der Waals surface area contributed by atoms with Crippen molar-refractivity contribution in [3.05, 3.63) is 60.3 Å². The van der Waals surface area contributed by atoms with E-state index in [9.17, 15) is 13.2 Å². The van der Waals surface area contributed by atoms with Crippen LogP contribution in [0.2, 0.25) is 0 Å². The third-order valence-electron chi connectivity index (χ3n) is 6.15. The first-order valence-electron chi connectivity index (χ1n) is 11.2. The van der Waals surface area contributed by atoms with Crippen molar-refractivity contribution >= 4 is 27.6 Å². The minimum absolute atomic E-state index is 0.162. The van der Waals surface area contributed by atoms with Crippen molar-refractivity contribution in [3.8, 4) is 17.0 Å². The zero-order valence-electron chi connectivity index (χ0n) is 20.1. The molecule has 0 saturated carbocycles. The summed E-state index contributed by atoms with van der Waals surface area (Å²) in [5, 5.41) is 0. The van der Waals surface area contributed by atoms with Crippen LogP contribution in [0, 0.1) is 5.92 Å². The Labute approximate surface area is 205 Å². The molecule has 2 aromatic heterocycles. The van der Waals surface area contributed by atoms with Gasteiger partial charge in [-0.25, -0.2) is 23.1 Å². The number of methoxy groups -OCH3 is 1. The second-order valence-electron chi connectivity index (χ2n) is 9.35. The van der Waals surface area contributed by atoms with Crippen molar-refractivity contribution in [2.75, 3.05) is 24.3 Å². The molecule has 4 rings (SSSR count). The van der Waals surface area contributed by atoms with Crippen LogP contribution in [0.4, 0.5) is 11.6 Å². The van der Waals surface area contributed by atoms with Crippen LogP contribution in [0.3, 0.4) is 0 Å². The maximum absolute atomic E-state index is 13.3. The van der Waals surface area contributed by atoms with E-state index < -0.39 is 15.9 Å². The topological polar surface area (TPSA) is 128 Å². The second-order valence-corrected chi connectivity index (χ2v) is 11.0. The average molecular weight is 496 g/mol. The summed E-state index contributed by atoms with van der Waals surface area (Å²) in [6.07, 6.45) is 2.29. The normalized spacial score (nSPS) is 17.3. The van der Waals surface area contributed by atoms with Gasteiger partial charge in [0.15, 0.2) is 0 Å². The van der Waals surface area contributed by atoms with Crippen LogP contribution < -0.4 is 20.1 Å². The first kappa shape index (κ1) is 24.5. The monoisotopic (exact) mass is 495 g/mol. The van der Waals surface area contributed by atoms with Crippen LogP contribution in [0.15, 0.2) is 59.6 Å². The van der Waals surface area contributed by atoms with Crippen molar-refractivity contribution in [1.29, 1.82) is 0 Å². The number of carbonyl (C=O) groups excluding carboxylic acids is 1. The predicted octanol–water partition coefficient (Wildman–Crippen LogP) is 3.48. The van der Waals surface area contributed by atoms with Gasteiger partial charge in [-0.05, 0) is 74.7 Å². The van der Waals surface area contributed by atoms with E-state index in [2.05, 4.69) is 35.4 Å². The van der Waals surface area contributed by atoms with Crippen molar-refractivity contribution in [2.45, 2.75) is 37.6 Å². The molecule has 1 atom stereocenters. The molecule has 0 radical (unpaired) electrons. The van der Waals surface area contributed by atoms with Crippen molar-refractivity contribution in [2.24, 2.45) is 5.92 Å². The second kappa shape index (κ2) is 9.18. The van der Waals surface area contributed by atoms with E-state index in [4.69, 9.17) is 15.5 Å². The third-order valence-corrected chi connectivity index (χ3v) is 7.53. The standard InChI is InChI=1S/C25H29N5O4S/c1-16-14-25(2,3)30(15-16)23-19(11-12-20(28-23)17-7-9-18(34-4)10-8-17)24(31)29-35(32,33)21-6-5-13-27-22(21)26/h5-13,16H,14-15H2,1-4H3,(H2,26,27)(H,29,31)/t16-/m0/s1. The number of nitrogens with one attached hydrogen (secondary N) is 1. The van der Waals surface area contributed by atoms with E-state index in [0.717, 1.165) is 17.7 Å². The summed E-state index contributed by atoms with van der Waals surface area (Å²) in [4.78, 5) is 23.8. The molecule has 10 heteroatoms.